The standard InChI is InChI=1S/C29H32F3N3O6S/c1-3-11-21-22(17-19-12-7-5-8-13-19)25-24(18-23(21)34-16-4-2)35(33)27(38,26(36)37)28(25,42(39,40)29(30,31)32)41-20-14-9-6-10-15-20/h5-10,12-15,18,34,38H,3-4,11,16-17,33H2,1-2H3,(H,36,37). The van der Waals surface area contributed by atoms with Crippen molar-refractivity contribution >= 4 is 27.2 Å². The number of rotatable bonds is 11. The highest BCUT2D eigenvalue weighted by Gasteiger charge is 2.81. The van der Waals surface area contributed by atoms with Crippen molar-refractivity contribution < 1.29 is 41.3 Å². The van der Waals surface area contributed by atoms with Gasteiger partial charge in [0.2, 0.25) is 0 Å². The number of halogens is 3. The molecule has 0 aromatic heterocycles. The average molecular weight is 608 g/mol. The number of hydrogen-bond acceptors (Lipinski definition) is 8. The van der Waals surface area contributed by atoms with Gasteiger partial charge in [0.25, 0.3) is 9.84 Å². The van der Waals surface area contributed by atoms with Crippen molar-refractivity contribution in [1.29, 1.82) is 0 Å². The fourth-order valence-electron chi connectivity index (χ4n) is 5.34. The Morgan fingerprint density at radius 2 is 1.62 bits per heavy atom. The molecule has 3 aromatic rings. The van der Waals surface area contributed by atoms with Crippen LogP contribution in [0.5, 0.6) is 5.75 Å². The van der Waals surface area contributed by atoms with E-state index in [2.05, 4.69) is 5.32 Å². The molecular formula is C29H32F3N3O6S. The van der Waals surface area contributed by atoms with Crippen LogP contribution in [-0.4, -0.2) is 42.4 Å². The number of ether oxygens (including phenoxy) is 1. The number of hydrogen-bond donors (Lipinski definition) is 4. The second kappa shape index (κ2) is 11.5. The lowest BCUT2D eigenvalue weighted by Gasteiger charge is -2.41. The third kappa shape index (κ3) is 4.74. The fraction of sp³-hybridized carbons (Fsp3) is 0.345. The molecular weight excluding hydrogens is 575 g/mol. The molecule has 1 heterocycles. The second-order valence-electron chi connectivity index (χ2n) is 9.94. The number of aliphatic hydroxyl groups is 1. The molecule has 0 radical (unpaired) electrons. The minimum absolute atomic E-state index is 0.0514. The Kier molecular flexibility index (Phi) is 8.50. The lowest BCUT2D eigenvalue weighted by Crippen LogP contribution is -2.71. The Morgan fingerprint density at radius 1 is 1.02 bits per heavy atom. The summed E-state index contributed by atoms with van der Waals surface area (Å²) in [4.78, 5) is 8.85. The van der Waals surface area contributed by atoms with E-state index in [4.69, 9.17) is 10.6 Å². The van der Waals surface area contributed by atoms with Gasteiger partial charge in [0.05, 0.1) is 5.69 Å². The molecule has 0 fully saturated rings. The number of aliphatic carboxylic acids is 1. The molecule has 0 bridgehead atoms. The SMILES string of the molecule is CCCNc1cc2c(c(Cc3ccccc3)c1CCC)C(Oc1ccccc1)(S(=O)(=O)C(F)(F)F)C(O)(C(=O)O)N2N. The van der Waals surface area contributed by atoms with E-state index < -0.39 is 49.0 Å². The highest BCUT2D eigenvalue weighted by molar-refractivity contribution is 7.93. The minimum Gasteiger partial charge on any atom is -0.477 e. The van der Waals surface area contributed by atoms with Gasteiger partial charge < -0.3 is 20.3 Å². The summed E-state index contributed by atoms with van der Waals surface area (Å²) >= 11 is 0. The number of benzene rings is 3. The molecule has 0 amide bonds. The summed E-state index contributed by atoms with van der Waals surface area (Å²) in [7, 11) is -6.71. The molecule has 0 aliphatic carbocycles. The van der Waals surface area contributed by atoms with Gasteiger partial charge in [0.15, 0.2) is 0 Å². The first-order valence-electron chi connectivity index (χ1n) is 13.3. The molecule has 13 heteroatoms. The van der Waals surface area contributed by atoms with Crippen LogP contribution < -0.4 is 20.9 Å². The molecule has 0 saturated carbocycles. The second-order valence-corrected chi connectivity index (χ2v) is 12.0. The van der Waals surface area contributed by atoms with Gasteiger partial charge >= 0.3 is 22.1 Å². The topological polar surface area (TPSA) is 142 Å². The highest BCUT2D eigenvalue weighted by atomic mass is 32.2. The summed E-state index contributed by atoms with van der Waals surface area (Å²) in [6.45, 7) is 4.18. The summed E-state index contributed by atoms with van der Waals surface area (Å²) in [5.41, 5.74) is -9.62. The monoisotopic (exact) mass is 607 g/mol. The van der Waals surface area contributed by atoms with Crippen molar-refractivity contribution in [2.75, 3.05) is 16.9 Å². The van der Waals surface area contributed by atoms with Gasteiger partial charge in [-0.2, -0.15) is 13.2 Å². The maximum absolute atomic E-state index is 14.7. The minimum atomic E-state index is -6.71. The van der Waals surface area contributed by atoms with Crippen LogP contribution in [0.2, 0.25) is 0 Å². The van der Waals surface area contributed by atoms with Gasteiger partial charge in [-0.3, -0.25) is 5.01 Å². The lowest BCUT2D eigenvalue weighted by atomic mass is 9.87. The van der Waals surface area contributed by atoms with E-state index in [1.807, 2.05) is 13.8 Å². The van der Waals surface area contributed by atoms with Crippen LogP contribution in [0.4, 0.5) is 24.5 Å². The van der Waals surface area contributed by atoms with Crippen LogP contribution in [-0.2, 0) is 32.4 Å². The number of alkyl halides is 3. The van der Waals surface area contributed by atoms with E-state index in [1.165, 1.54) is 24.3 Å². The number of carboxylic acid groups (broad SMARTS) is 1. The maximum Gasteiger partial charge on any atom is 0.501 e. The number of nitrogens with zero attached hydrogens (tertiary/aromatic N) is 1. The van der Waals surface area contributed by atoms with E-state index >= 15 is 0 Å². The molecule has 2 atom stereocenters. The van der Waals surface area contributed by atoms with E-state index in [9.17, 15) is 36.6 Å². The van der Waals surface area contributed by atoms with Gasteiger partial charge in [-0.1, -0.05) is 68.8 Å². The zero-order chi connectivity index (χ0) is 30.9. The summed E-state index contributed by atoms with van der Waals surface area (Å²) in [6.07, 6.45) is 1.35. The van der Waals surface area contributed by atoms with E-state index in [0.29, 0.717) is 36.2 Å². The van der Waals surface area contributed by atoms with E-state index in [0.717, 1.165) is 12.1 Å². The molecule has 5 N–H and O–H groups in total. The van der Waals surface area contributed by atoms with Crippen molar-refractivity contribution in [2.24, 2.45) is 5.84 Å². The number of carbonyl (C=O) groups is 1. The molecule has 1 aliphatic heterocycles. The molecule has 2 unspecified atom stereocenters. The first kappa shape index (κ1) is 31.1. The average Bonchev–Trinajstić information content (AvgIpc) is 3.14. The van der Waals surface area contributed by atoms with Crippen LogP contribution >= 0.6 is 0 Å². The number of sulfone groups is 1. The Morgan fingerprint density at radius 3 is 2.14 bits per heavy atom. The van der Waals surface area contributed by atoms with Gasteiger partial charge in [0, 0.05) is 17.8 Å². The summed E-state index contributed by atoms with van der Waals surface area (Å²) in [5, 5.41) is 25.5. The van der Waals surface area contributed by atoms with Crippen molar-refractivity contribution in [3.63, 3.8) is 0 Å². The molecule has 42 heavy (non-hydrogen) atoms. The number of anilines is 2. The molecule has 1 aliphatic rings. The van der Waals surface area contributed by atoms with Crippen LogP contribution in [0, 0.1) is 0 Å². The van der Waals surface area contributed by atoms with Crippen LogP contribution in [0.3, 0.4) is 0 Å². The third-order valence-corrected chi connectivity index (χ3v) is 9.14. The molecule has 4 rings (SSSR count). The maximum atomic E-state index is 14.7. The fourth-order valence-corrected chi connectivity index (χ4v) is 6.93. The number of nitrogens with one attached hydrogen (secondary N) is 1. The van der Waals surface area contributed by atoms with Gasteiger partial charge in [0.1, 0.15) is 5.75 Å². The van der Waals surface area contributed by atoms with Gasteiger partial charge in [-0.15, -0.1) is 0 Å². The third-order valence-electron chi connectivity index (χ3n) is 7.20. The van der Waals surface area contributed by atoms with E-state index in [1.54, 1.807) is 30.3 Å². The zero-order valence-corrected chi connectivity index (χ0v) is 23.8. The first-order valence-corrected chi connectivity index (χ1v) is 14.8. The van der Waals surface area contributed by atoms with Crippen molar-refractivity contribution in [3.8, 4) is 5.75 Å². The number of carboxylic acids is 1. The zero-order valence-electron chi connectivity index (χ0n) is 23.0. The number of nitrogens with two attached hydrogens (primary N) is 1. The Bertz CT molecular complexity index is 1550. The van der Waals surface area contributed by atoms with Crippen molar-refractivity contribution in [2.45, 2.75) is 55.7 Å². The highest BCUT2D eigenvalue weighted by Crippen LogP contribution is 2.59. The van der Waals surface area contributed by atoms with Crippen LogP contribution in [0.25, 0.3) is 0 Å². The number of para-hydroxylation sites is 1. The molecule has 3 aromatic carbocycles. The Hall–Kier alpha value is -3.81. The Balaban J connectivity index is 2.26. The largest absolute Gasteiger partial charge is 0.501 e. The summed E-state index contributed by atoms with van der Waals surface area (Å²) < 4.78 is 77.2. The summed E-state index contributed by atoms with van der Waals surface area (Å²) in [5.74, 6) is 3.36. The summed E-state index contributed by atoms with van der Waals surface area (Å²) in [6, 6.07) is 16.4. The van der Waals surface area contributed by atoms with E-state index in [-0.39, 0.29) is 23.4 Å². The van der Waals surface area contributed by atoms with Gasteiger partial charge in [-0.25, -0.2) is 19.1 Å². The number of hydrazine groups is 1. The first-order chi connectivity index (χ1) is 19.8. The molecule has 226 valence electrons. The van der Waals surface area contributed by atoms with Crippen molar-refractivity contribution in [1.82, 2.24) is 0 Å². The lowest BCUT2D eigenvalue weighted by molar-refractivity contribution is -0.175. The molecule has 9 nitrogen and oxygen atoms in total. The molecule has 0 spiro atoms. The predicted octanol–water partition coefficient (Wildman–Crippen LogP) is 4.69. The quantitative estimate of drug-likeness (QED) is 0.229. The Labute approximate surface area is 241 Å². The normalized spacial score (nSPS) is 20.3. The van der Waals surface area contributed by atoms with Crippen LogP contribution in [0.1, 0.15) is 48.9 Å². The van der Waals surface area contributed by atoms with Crippen LogP contribution in [0.15, 0.2) is 66.7 Å². The predicted molar refractivity (Wildman–Crippen MR) is 151 cm³/mol. The smallest absolute Gasteiger partial charge is 0.477 e. The number of fused-ring (bicyclic) bond motifs is 1. The molecule has 0 saturated heterocycles. The van der Waals surface area contributed by atoms with Crippen molar-refractivity contribution in [3.05, 3.63) is 89.0 Å². The van der Waals surface area contributed by atoms with Gasteiger partial charge in [-0.05, 0) is 54.2 Å².